The summed E-state index contributed by atoms with van der Waals surface area (Å²) < 4.78 is 0. The molecule has 4 aromatic carbocycles. The first-order valence-corrected chi connectivity index (χ1v) is 11.0. The molecule has 0 heterocycles. The summed E-state index contributed by atoms with van der Waals surface area (Å²) in [5.41, 5.74) is 11.4. The maximum atomic E-state index is 4.18. The zero-order valence-corrected chi connectivity index (χ0v) is 18.4. The first-order chi connectivity index (χ1) is 15.7. The van der Waals surface area contributed by atoms with Crippen molar-refractivity contribution >= 4 is 5.57 Å². The molecule has 0 saturated carbocycles. The Kier molecular flexibility index (Phi) is 4.99. The molecule has 0 aromatic heterocycles. The van der Waals surface area contributed by atoms with Crippen LogP contribution in [-0.4, -0.2) is 0 Å². The van der Waals surface area contributed by atoms with Crippen molar-refractivity contribution in [2.45, 2.75) is 12.3 Å². The first-order valence-electron chi connectivity index (χ1n) is 11.0. The molecule has 0 atom stereocenters. The van der Waals surface area contributed by atoms with Gasteiger partial charge in [-0.25, -0.2) is 0 Å². The molecule has 0 amide bonds. The number of rotatable bonds is 2. The fourth-order valence-corrected chi connectivity index (χ4v) is 5.37. The van der Waals surface area contributed by atoms with Gasteiger partial charge in [-0.2, -0.15) is 0 Å². The Balaban J connectivity index is 0.000000265. The van der Waals surface area contributed by atoms with E-state index in [1.807, 2.05) is 30.4 Å². The Hall–Kier alpha value is -3.90. The van der Waals surface area contributed by atoms with Gasteiger partial charge in [0.05, 0.1) is 5.41 Å². The molecule has 0 N–H and O–H groups in total. The van der Waals surface area contributed by atoms with E-state index in [2.05, 4.69) is 105 Å². The van der Waals surface area contributed by atoms with Gasteiger partial charge >= 0.3 is 0 Å². The summed E-state index contributed by atoms with van der Waals surface area (Å²) in [5, 5.41) is 0. The zero-order chi connectivity index (χ0) is 22.1. The number of fused-ring (bicyclic) bond motifs is 7. The van der Waals surface area contributed by atoms with Crippen LogP contribution in [0.4, 0.5) is 0 Å². The standard InChI is InChI=1S/C25H18.C7H8/c1-3-17-18-11-5-8-14-22(18)25(21(17)4-2)23-15-9-6-12-19(23)20-13-7-10-16-24(20)25;1-7-5-3-2-4-6-7/h3-16H,1-2H2;2-6H,1H3. The SMILES string of the molecule is C=CC1=C(C=C)C2(c3ccccc31)c1ccccc1-c1ccccc12.Cc1ccccc1. The maximum Gasteiger partial charge on any atom is 0.0725 e. The molecule has 0 bridgehead atoms. The minimum Gasteiger partial charge on any atom is -0.0987 e. The molecule has 2 aliphatic carbocycles. The second kappa shape index (κ2) is 7.98. The lowest BCUT2D eigenvalue weighted by Gasteiger charge is -2.31. The molecule has 2 aliphatic rings. The maximum absolute atomic E-state index is 4.18. The lowest BCUT2D eigenvalue weighted by Crippen LogP contribution is -2.26. The summed E-state index contributed by atoms with van der Waals surface area (Å²) in [5.74, 6) is 0. The highest BCUT2D eigenvalue weighted by Gasteiger charge is 2.51. The predicted octanol–water partition coefficient (Wildman–Crippen LogP) is 8.14. The predicted molar refractivity (Wildman–Crippen MR) is 137 cm³/mol. The van der Waals surface area contributed by atoms with E-state index in [-0.39, 0.29) is 5.41 Å². The Bertz CT molecular complexity index is 1310. The summed E-state index contributed by atoms with van der Waals surface area (Å²) in [4.78, 5) is 0. The van der Waals surface area contributed by atoms with Gasteiger partial charge in [0.2, 0.25) is 0 Å². The monoisotopic (exact) mass is 410 g/mol. The van der Waals surface area contributed by atoms with Gasteiger partial charge in [0.25, 0.3) is 0 Å². The van der Waals surface area contributed by atoms with Crippen LogP contribution >= 0.6 is 0 Å². The summed E-state index contributed by atoms with van der Waals surface area (Å²) in [7, 11) is 0. The van der Waals surface area contributed by atoms with Crippen molar-refractivity contribution in [2.24, 2.45) is 0 Å². The molecular weight excluding hydrogens is 384 g/mol. The summed E-state index contributed by atoms with van der Waals surface area (Å²) in [6.45, 7) is 10.4. The van der Waals surface area contributed by atoms with Crippen LogP contribution in [-0.2, 0) is 5.41 Å². The van der Waals surface area contributed by atoms with Gasteiger partial charge in [0, 0.05) is 0 Å². The van der Waals surface area contributed by atoms with E-state index in [1.54, 1.807) is 0 Å². The van der Waals surface area contributed by atoms with E-state index in [9.17, 15) is 0 Å². The highest BCUT2D eigenvalue weighted by atomic mass is 14.5. The van der Waals surface area contributed by atoms with Crippen LogP contribution < -0.4 is 0 Å². The van der Waals surface area contributed by atoms with Crippen molar-refractivity contribution in [1.29, 1.82) is 0 Å². The highest BCUT2D eigenvalue weighted by Crippen LogP contribution is 2.61. The van der Waals surface area contributed by atoms with Crippen molar-refractivity contribution in [1.82, 2.24) is 0 Å². The number of hydrogen-bond donors (Lipinski definition) is 0. The van der Waals surface area contributed by atoms with Gasteiger partial charge < -0.3 is 0 Å². The summed E-state index contributed by atoms with van der Waals surface area (Å²) in [6.07, 6.45) is 4.00. The van der Waals surface area contributed by atoms with Crippen LogP contribution in [0.2, 0.25) is 0 Å². The normalized spacial score (nSPS) is 14.2. The van der Waals surface area contributed by atoms with Crippen molar-refractivity contribution in [3.05, 3.63) is 162 Å². The van der Waals surface area contributed by atoms with E-state index in [0.29, 0.717) is 0 Å². The van der Waals surface area contributed by atoms with Crippen molar-refractivity contribution < 1.29 is 0 Å². The van der Waals surface area contributed by atoms with E-state index < -0.39 is 0 Å². The van der Waals surface area contributed by atoms with Crippen LogP contribution in [0.25, 0.3) is 16.7 Å². The Labute approximate surface area is 190 Å². The second-order valence-corrected chi connectivity index (χ2v) is 8.28. The molecule has 0 aliphatic heterocycles. The number of allylic oxidation sites excluding steroid dienone is 4. The van der Waals surface area contributed by atoms with Crippen LogP contribution in [0.5, 0.6) is 0 Å². The molecule has 4 aromatic rings. The Morgan fingerprint density at radius 2 is 0.969 bits per heavy atom. The summed E-state index contributed by atoms with van der Waals surface area (Å²) in [6, 6.07) is 36.5. The van der Waals surface area contributed by atoms with Crippen LogP contribution in [0.1, 0.15) is 27.8 Å². The lowest BCUT2D eigenvalue weighted by molar-refractivity contribution is 0.787. The zero-order valence-electron chi connectivity index (χ0n) is 18.4. The number of benzene rings is 4. The Morgan fingerprint density at radius 3 is 1.41 bits per heavy atom. The molecule has 0 radical (unpaired) electrons. The molecule has 1 spiro atoms. The van der Waals surface area contributed by atoms with Crippen molar-refractivity contribution in [3.8, 4) is 11.1 Å². The fraction of sp³-hybridized carbons (Fsp3) is 0.0625. The van der Waals surface area contributed by atoms with Crippen molar-refractivity contribution in [2.75, 3.05) is 0 Å². The average molecular weight is 411 g/mol. The van der Waals surface area contributed by atoms with Gasteiger partial charge in [0.15, 0.2) is 0 Å². The third kappa shape index (κ3) is 2.77. The third-order valence-electron chi connectivity index (χ3n) is 6.62. The van der Waals surface area contributed by atoms with Gasteiger partial charge in [-0.1, -0.05) is 134 Å². The van der Waals surface area contributed by atoms with E-state index in [4.69, 9.17) is 0 Å². The fourth-order valence-electron chi connectivity index (χ4n) is 5.37. The van der Waals surface area contributed by atoms with Crippen molar-refractivity contribution in [3.63, 3.8) is 0 Å². The minimum absolute atomic E-state index is 0.283. The van der Waals surface area contributed by atoms with E-state index in [1.165, 1.54) is 50.1 Å². The number of hydrogen-bond acceptors (Lipinski definition) is 0. The van der Waals surface area contributed by atoms with Gasteiger partial charge in [-0.05, 0) is 51.5 Å². The molecule has 0 heteroatoms. The van der Waals surface area contributed by atoms with E-state index in [0.717, 1.165) is 0 Å². The quantitative estimate of drug-likeness (QED) is 0.313. The second-order valence-electron chi connectivity index (χ2n) is 8.28. The van der Waals surface area contributed by atoms with Gasteiger partial charge in [-0.15, -0.1) is 0 Å². The molecule has 0 saturated heterocycles. The molecule has 154 valence electrons. The van der Waals surface area contributed by atoms with E-state index >= 15 is 0 Å². The van der Waals surface area contributed by atoms with Gasteiger partial charge in [-0.3, -0.25) is 0 Å². The smallest absolute Gasteiger partial charge is 0.0725 e. The van der Waals surface area contributed by atoms with Gasteiger partial charge in [0.1, 0.15) is 0 Å². The lowest BCUT2D eigenvalue weighted by atomic mass is 9.69. The number of aryl methyl sites for hydroxylation is 1. The third-order valence-corrected chi connectivity index (χ3v) is 6.62. The topological polar surface area (TPSA) is 0 Å². The molecule has 32 heavy (non-hydrogen) atoms. The average Bonchev–Trinajstić information content (AvgIpc) is 3.31. The highest BCUT2D eigenvalue weighted by molar-refractivity contribution is 5.97. The Morgan fingerprint density at radius 1 is 0.531 bits per heavy atom. The molecule has 6 rings (SSSR count). The largest absolute Gasteiger partial charge is 0.0987 e. The summed E-state index contributed by atoms with van der Waals surface area (Å²) >= 11 is 0. The van der Waals surface area contributed by atoms with Crippen LogP contribution in [0.3, 0.4) is 0 Å². The van der Waals surface area contributed by atoms with Crippen LogP contribution in [0, 0.1) is 6.92 Å². The van der Waals surface area contributed by atoms with Crippen LogP contribution in [0.15, 0.2) is 134 Å². The molecule has 0 fully saturated rings. The molecular formula is C32H26. The molecule has 0 nitrogen and oxygen atoms in total. The molecule has 0 unspecified atom stereocenters. The minimum atomic E-state index is -0.283. The first kappa shape index (κ1) is 20.0.